The van der Waals surface area contributed by atoms with Gasteiger partial charge in [0.1, 0.15) is 11.6 Å². The Kier molecular flexibility index (Phi) is 6.32. The topological polar surface area (TPSA) is 69.6 Å². The Labute approximate surface area is 141 Å². The Morgan fingerprint density at radius 2 is 1.83 bits per heavy atom. The summed E-state index contributed by atoms with van der Waals surface area (Å²) in [5.74, 6) is -0.984. The number of nitrogens with one attached hydrogen (secondary N) is 1. The predicted octanol–water partition coefficient (Wildman–Crippen LogP) is 3.09. The number of aromatic hydroxyl groups is 1. The molecule has 0 aliphatic heterocycles. The van der Waals surface area contributed by atoms with Crippen LogP contribution in [-0.4, -0.2) is 22.2 Å². The third-order valence-corrected chi connectivity index (χ3v) is 4.01. The van der Waals surface area contributed by atoms with E-state index in [-0.39, 0.29) is 17.4 Å². The third-order valence-electron chi connectivity index (χ3n) is 4.01. The highest BCUT2D eigenvalue weighted by Crippen LogP contribution is 2.18. The molecule has 0 aromatic heterocycles. The van der Waals surface area contributed by atoms with Gasteiger partial charge in [-0.05, 0) is 43.0 Å². The predicted molar refractivity (Wildman–Crippen MR) is 90.0 cm³/mol. The maximum absolute atomic E-state index is 13.7. The summed E-state index contributed by atoms with van der Waals surface area (Å²) in [4.78, 5) is 12.2. The van der Waals surface area contributed by atoms with E-state index in [1.54, 1.807) is 18.2 Å². The molecule has 0 heterocycles. The van der Waals surface area contributed by atoms with Gasteiger partial charge >= 0.3 is 0 Å². The molecule has 0 radical (unpaired) electrons. The summed E-state index contributed by atoms with van der Waals surface area (Å²) in [5, 5.41) is 22.1. The Hall–Kier alpha value is -2.40. The molecule has 2 rings (SSSR count). The van der Waals surface area contributed by atoms with E-state index in [0.717, 1.165) is 12.0 Å². The third kappa shape index (κ3) is 4.80. The molecule has 2 atom stereocenters. The van der Waals surface area contributed by atoms with Crippen LogP contribution in [0.3, 0.4) is 0 Å². The minimum atomic E-state index is -1.52. The van der Waals surface area contributed by atoms with Crippen molar-refractivity contribution in [1.82, 2.24) is 5.32 Å². The highest BCUT2D eigenvalue weighted by atomic mass is 19.1. The molecule has 128 valence electrons. The molecule has 1 amide bonds. The lowest BCUT2D eigenvalue weighted by Crippen LogP contribution is -2.38. The lowest BCUT2D eigenvalue weighted by Gasteiger charge is -2.20. The molecule has 24 heavy (non-hydrogen) atoms. The number of amides is 1. The molecular formula is C19H22FNO3. The number of aliphatic hydroxyl groups excluding tert-OH is 1. The molecule has 0 fully saturated rings. The van der Waals surface area contributed by atoms with Crippen LogP contribution in [0.2, 0.25) is 0 Å². The van der Waals surface area contributed by atoms with Gasteiger partial charge in [-0.15, -0.1) is 0 Å². The standard InChI is InChI=1S/C19H22FNO3/c1-2-14(10-7-13-8-11-15(22)12-9-13)21-19(24)18(23)16-5-3-4-6-17(16)20/h3-6,8-9,11-12,14,18,22-23H,2,7,10H2,1H3,(H,21,24)/t14-,18+/m1/s1. The average molecular weight is 331 g/mol. The Morgan fingerprint density at radius 3 is 2.46 bits per heavy atom. The van der Waals surface area contributed by atoms with Crippen LogP contribution in [-0.2, 0) is 11.2 Å². The number of aliphatic hydroxyl groups is 1. The number of aryl methyl sites for hydroxylation is 1. The first-order valence-corrected chi connectivity index (χ1v) is 8.02. The summed E-state index contributed by atoms with van der Waals surface area (Å²) in [5.41, 5.74) is 1.03. The molecule has 3 N–H and O–H groups in total. The molecule has 4 nitrogen and oxygen atoms in total. The first-order chi connectivity index (χ1) is 11.5. The number of carbonyl (C=O) groups is 1. The Morgan fingerprint density at radius 1 is 1.17 bits per heavy atom. The van der Waals surface area contributed by atoms with Crippen molar-refractivity contribution in [1.29, 1.82) is 0 Å². The minimum absolute atomic E-state index is 0.0246. The molecule has 2 aromatic carbocycles. The number of rotatable bonds is 7. The van der Waals surface area contributed by atoms with Crippen LogP contribution in [0.1, 0.15) is 37.0 Å². The maximum Gasteiger partial charge on any atom is 0.253 e. The summed E-state index contributed by atoms with van der Waals surface area (Å²) in [7, 11) is 0. The Bertz CT molecular complexity index is 673. The van der Waals surface area contributed by atoms with Gasteiger partial charge in [0.05, 0.1) is 0 Å². The number of halogens is 1. The van der Waals surface area contributed by atoms with Gasteiger partial charge in [-0.3, -0.25) is 4.79 Å². The summed E-state index contributed by atoms with van der Waals surface area (Å²) in [6, 6.07) is 12.5. The van der Waals surface area contributed by atoms with Crippen LogP contribution in [0.25, 0.3) is 0 Å². The van der Waals surface area contributed by atoms with Gasteiger partial charge in [0.25, 0.3) is 5.91 Å². The zero-order chi connectivity index (χ0) is 17.5. The second-order valence-corrected chi connectivity index (χ2v) is 5.74. The van der Waals surface area contributed by atoms with E-state index in [4.69, 9.17) is 0 Å². The van der Waals surface area contributed by atoms with Crippen molar-refractivity contribution < 1.29 is 19.4 Å². The number of phenolic OH excluding ortho intramolecular Hbond substituents is 1. The van der Waals surface area contributed by atoms with Crippen LogP contribution in [0, 0.1) is 5.82 Å². The molecule has 0 spiro atoms. The summed E-state index contributed by atoms with van der Waals surface area (Å²) >= 11 is 0. The van der Waals surface area contributed by atoms with E-state index >= 15 is 0 Å². The first-order valence-electron chi connectivity index (χ1n) is 8.02. The van der Waals surface area contributed by atoms with Gasteiger partial charge in [-0.2, -0.15) is 0 Å². The van der Waals surface area contributed by atoms with Gasteiger partial charge < -0.3 is 15.5 Å². The Balaban J connectivity index is 1.92. The monoisotopic (exact) mass is 331 g/mol. The van der Waals surface area contributed by atoms with Crippen LogP contribution in [0.5, 0.6) is 5.75 Å². The highest BCUT2D eigenvalue weighted by molar-refractivity contribution is 5.82. The van der Waals surface area contributed by atoms with Gasteiger partial charge in [0.15, 0.2) is 6.10 Å². The number of benzene rings is 2. The number of carbonyl (C=O) groups excluding carboxylic acids is 1. The molecule has 0 aliphatic carbocycles. The second-order valence-electron chi connectivity index (χ2n) is 5.74. The van der Waals surface area contributed by atoms with E-state index in [9.17, 15) is 19.4 Å². The zero-order valence-corrected chi connectivity index (χ0v) is 13.6. The molecular weight excluding hydrogens is 309 g/mol. The van der Waals surface area contributed by atoms with Gasteiger partial charge in [0, 0.05) is 11.6 Å². The average Bonchev–Trinajstić information content (AvgIpc) is 2.59. The fourth-order valence-electron chi connectivity index (χ4n) is 2.50. The molecule has 0 unspecified atom stereocenters. The van der Waals surface area contributed by atoms with Crippen LogP contribution < -0.4 is 5.32 Å². The maximum atomic E-state index is 13.7. The quantitative estimate of drug-likeness (QED) is 0.730. The first kappa shape index (κ1) is 17.9. The largest absolute Gasteiger partial charge is 0.508 e. The molecule has 2 aromatic rings. The van der Waals surface area contributed by atoms with Crippen LogP contribution in [0.4, 0.5) is 4.39 Å². The summed E-state index contributed by atoms with van der Waals surface area (Å²) in [6.45, 7) is 1.94. The van der Waals surface area contributed by atoms with Crippen molar-refractivity contribution in [3.63, 3.8) is 0 Å². The van der Waals surface area contributed by atoms with Crippen molar-refractivity contribution in [3.8, 4) is 5.75 Å². The van der Waals surface area contributed by atoms with Crippen molar-refractivity contribution in [2.24, 2.45) is 0 Å². The van der Waals surface area contributed by atoms with Crippen LogP contribution in [0.15, 0.2) is 48.5 Å². The van der Waals surface area contributed by atoms with Gasteiger partial charge in [0.2, 0.25) is 0 Å². The van der Waals surface area contributed by atoms with E-state index in [1.807, 2.05) is 19.1 Å². The lowest BCUT2D eigenvalue weighted by molar-refractivity contribution is -0.130. The number of hydrogen-bond donors (Lipinski definition) is 3. The molecule has 0 saturated heterocycles. The SMILES string of the molecule is CC[C@H](CCc1ccc(O)cc1)NC(=O)[C@@H](O)c1ccccc1F. The molecule has 0 bridgehead atoms. The fraction of sp³-hybridized carbons (Fsp3) is 0.316. The van der Waals surface area contributed by atoms with E-state index in [1.165, 1.54) is 18.2 Å². The normalized spacial score (nSPS) is 13.3. The van der Waals surface area contributed by atoms with Gasteiger partial charge in [-0.1, -0.05) is 37.3 Å². The fourth-order valence-corrected chi connectivity index (χ4v) is 2.50. The van der Waals surface area contributed by atoms with Crippen LogP contribution >= 0.6 is 0 Å². The summed E-state index contributed by atoms with van der Waals surface area (Å²) < 4.78 is 13.7. The minimum Gasteiger partial charge on any atom is -0.508 e. The van der Waals surface area contributed by atoms with Crippen molar-refractivity contribution in [2.45, 2.75) is 38.3 Å². The molecule has 0 saturated carbocycles. The molecule has 0 aliphatic rings. The van der Waals surface area contributed by atoms with Gasteiger partial charge in [-0.25, -0.2) is 4.39 Å². The van der Waals surface area contributed by atoms with E-state index < -0.39 is 17.8 Å². The zero-order valence-electron chi connectivity index (χ0n) is 13.6. The summed E-state index contributed by atoms with van der Waals surface area (Å²) in [6.07, 6.45) is 0.605. The number of hydrogen-bond acceptors (Lipinski definition) is 3. The van der Waals surface area contributed by atoms with E-state index in [2.05, 4.69) is 5.32 Å². The molecule has 5 heteroatoms. The number of phenols is 1. The van der Waals surface area contributed by atoms with Crippen molar-refractivity contribution in [2.75, 3.05) is 0 Å². The van der Waals surface area contributed by atoms with Crippen molar-refractivity contribution in [3.05, 3.63) is 65.5 Å². The van der Waals surface area contributed by atoms with Crippen molar-refractivity contribution >= 4 is 5.91 Å². The smallest absolute Gasteiger partial charge is 0.253 e. The highest BCUT2D eigenvalue weighted by Gasteiger charge is 2.22. The second kappa shape index (κ2) is 8.45. The lowest BCUT2D eigenvalue weighted by atomic mass is 10.0. The van der Waals surface area contributed by atoms with E-state index in [0.29, 0.717) is 12.8 Å².